The maximum atomic E-state index is 11.6. The van der Waals surface area contributed by atoms with E-state index in [0.717, 1.165) is 5.56 Å². The van der Waals surface area contributed by atoms with E-state index in [2.05, 4.69) is 5.32 Å². The first kappa shape index (κ1) is 12.2. The van der Waals surface area contributed by atoms with Gasteiger partial charge in [-0.3, -0.25) is 9.59 Å². The molecule has 0 unspecified atom stereocenters. The fourth-order valence-corrected chi connectivity index (χ4v) is 1.25. The Morgan fingerprint density at radius 2 is 1.75 bits per heavy atom. The highest BCUT2D eigenvalue weighted by atomic mass is 16.2. The van der Waals surface area contributed by atoms with Gasteiger partial charge in [0.05, 0.1) is 0 Å². The summed E-state index contributed by atoms with van der Waals surface area (Å²) in [4.78, 5) is 23.8. The molecule has 0 fully saturated rings. The Kier molecular flexibility index (Phi) is 4.05. The molecule has 0 aromatic heterocycles. The average molecular weight is 220 g/mol. The summed E-state index contributed by atoms with van der Waals surface area (Å²) in [6, 6.07) is 7.21. The minimum absolute atomic E-state index is 0.0222. The Balaban J connectivity index is 2.68. The van der Waals surface area contributed by atoms with Gasteiger partial charge in [-0.1, -0.05) is 12.1 Å². The van der Waals surface area contributed by atoms with Crippen LogP contribution in [0.1, 0.15) is 22.8 Å². The highest BCUT2D eigenvalue weighted by Gasteiger charge is 2.06. The number of hydrogen-bond acceptors (Lipinski definition) is 2. The van der Waals surface area contributed by atoms with Gasteiger partial charge in [0.1, 0.15) is 0 Å². The molecule has 0 radical (unpaired) electrons. The van der Waals surface area contributed by atoms with Crippen LogP contribution in [0.25, 0.3) is 0 Å². The Morgan fingerprint density at radius 1 is 1.19 bits per heavy atom. The molecule has 0 aliphatic carbocycles. The third-order valence-electron chi connectivity index (χ3n) is 2.15. The Morgan fingerprint density at radius 3 is 2.19 bits per heavy atom. The van der Waals surface area contributed by atoms with Crippen LogP contribution < -0.4 is 5.32 Å². The van der Waals surface area contributed by atoms with Crippen molar-refractivity contribution in [1.29, 1.82) is 0 Å². The Labute approximate surface area is 95.3 Å². The van der Waals surface area contributed by atoms with Crippen LogP contribution in [0.2, 0.25) is 0 Å². The SMILES string of the molecule is CC(=O)NCc1ccc(C(=O)N(C)C)cc1. The zero-order valence-corrected chi connectivity index (χ0v) is 9.78. The Bertz CT molecular complexity index is 383. The molecule has 0 spiro atoms. The summed E-state index contributed by atoms with van der Waals surface area (Å²) in [5.74, 6) is -0.0838. The minimum atomic E-state index is -0.0616. The number of amides is 2. The van der Waals surface area contributed by atoms with E-state index in [4.69, 9.17) is 0 Å². The molecule has 1 aromatic rings. The molecule has 4 nitrogen and oxygen atoms in total. The highest BCUT2D eigenvalue weighted by Crippen LogP contribution is 2.06. The Hall–Kier alpha value is -1.84. The van der Waals surface area contributed by atoms with E-state index >= 15 is 0 Å². The van der Waals surface area contributed by atoms with Gasteiger partial charge < -0.3 is 10.2 Å². The lowest BCUT2D eigenvalue weighted by molar-refractivity contribution is -0.119. The normalized spacial score (nSPS) is 9.69. The first-order chi connectivity index (χ1) is 7.50. The second-order valence-corrected chi connectivity index (χ2v) is 3.81. The summed E-state index contributed by atoms with van der Waals surface area (Å²) in [7, 11) is 3.43. The van der Waals surface area contributed by atoms with Gasteiger partial charge in [0.25, 0.3) is 5.91 Å². The van der Waals surface area contributed by atoms with Crippen LogP contribution in [-0.2, 0) is 11.3 Å². The van der Waals surface area contributed by atoms with E-state index in [1.165, 1.54) is 11.8 Å². The van der Waals surface area contributed by atoms with Gasteiger partial charge in [-0.15, -0.1) is 0 Å². The van der Waals surface area contributed by atoms with Gasteiger partial charge >= 0.3 is 0 Å². The van der Waals surface area contributed by atoms with Crippen molar-refractivity contribution in [2.75, 3.05) is 14.1 Å². The van der Waals surface area contributed by atoms with Crippen LogP contribution in [0.4, 0.5) is 0 Å². The molecule has 0 aliphatic heterocycles. The highest BCUT2D eigenvalue weighted by molar-refractivity contribution is 5.93. The maximum Gasteiger partial charge on any atom is 0.253 e. The van der Waals surface area contributed by atoms with Crippen molar-refractivity contribution in [2.24, 2.45) is 0 Å². The predicted octanol–water partition coefficient (Wildman–Crippen LogP) is 1.02. The fraction of sp³-hybridized carbons (Fsp3) is 0.333. The molecule has 0 aliphatic rings. The first-order valence-corrected chi connectivity index (χ1v) is 5.05. The van der Waals surface area contributed by atoms with Gasteiger partial charge in [-0.25, -0.2) is 0 Å². The van der Waals surface area contributed by atoms with Gasteiger partial charge in [0.2, 0.25) is 5.91 Å². The number of nitrogens with zero attached hydrogens (tertiary/aromatic N) is 1. The third kappa shape index (κ3) is 3.38. The second kappa shape index (κ2) is 5.30. The molecule has 1 aromatic carbocycles. The number of nitrogens with one attached hydrogen (secondary N) is 1. The lowest BCUT2D eigenvalue weighted by Gasteiger charge is -2.10. The largest absolute Gasteiger partial charge is 0.352 e. The zero-order valence-electron chi connectivity index (χ0n) is 9.78. The number of carbonyl (C=O) groups excluding carboxylic acids is 2. The van der Waals surface area contributed by atoms with E-state index < -0.39 is 0 Å². The van der Waals surface area contributed by atoms with E-state index in [-0.39, 0.29) is 11.8 Å². The number of benzene rings is 1. The van der Waals surface area contributed by atoms with Crippen LogP contribution >= 0.6 is 0 Å². The molecule has 4 heteroatoms. The van der Waals surface area contributed by atoms with Crippen molar-refractivity contribution < 1.29 is 9.59 Å². The van der Waals surface area contributed by atoms with Gasteiger partial charge in [0, 0.05) is 33.1 Å². The van der Waals surface area contributed by atoms with Gasteiger partial charge in [-0.2, -0.15) is 0 Å². The summed E-state index contributed by atoms with van der Waals surface area (Å²) in [6.45, 7) is 1.97. The monoisotopic (exact) mass is 220 g/mol. The molecular weight excluding hydrogens is 204 g/mol. The molecule has 0 saturated heterocycles. The molecule has 0 heterocycles. The average Bonchev–Trinajstić information content (AvgIpc) is 2.26. The van der Waals surface area contributed by atoms with E-state index in [0.29, 0.717) is 12.1 Å². The molecule has 1 N–H and O–H groups in total. The van der Waals surface area contributed by atoms with Crippen LogP contribution in [0.5, 0.6) is 0 Å². The topological polar surface area (TPSA) is 49.4 Å². The molecule has 0 saturated carbocycles. The zero-order chi connectivity index (χ0) is 12.1. The fourth-order valence-electron chi connectivity index (χ4n) is 1.25. The molecule has 86 valence electrons. The predicted molar refractivity (Wildman–Crippen MR) is 62.0 cm³/mol. The molecule has 1 rings (SSSR count). The minimum Gasteiger partial charge on any atom is -0.352 e. The standard InChI is InChI=1S/C12H16N2O2/c1-9(15)13-8-10-4-6-11(7-5-10)12(16)14(2)3/h4-7H,8H2,1-3H3,(H,13,15). The molecule has 16 heavy (non-hydrogen) atoms. The maximum absolute atomic E-state index is 11.6. The van der Waals surface area contributed by atoms with Crippen LogP contribution in [0, 0.1) is 0 Å². The van der Waals surface area contributed by atoms with Crippen molar-refractivity contribution >= 4 is 11.8 Å². The number of carbonyl (C=O) groups is 2. The van der Waals surface area contributed by atoms with Gasteiger partial charge in [0.15, 0.2) is 0 Å². The van der Waals surface area contributed by atoms with E-state index in [1.54, 1.807) is 26.2 Å². The van der Waals surface area contributed by atoms with E-state index in [9.17, 15) is 9.59 Å². The summed E-state index contributed by atoms with van der Waals surface area (Å²) < 4.78 is 0. The number of rotatable bonds is 3. The summed E-state index contributed by atoms with van der Waals surface area (Å²) in [6.07, 6.45) is 0. The van der Waals surface area contributed by atoms with Crippen molar-refractivity contribution in [1.82, 2.24) is 10.2 Å². The molecular formula is C12H16N2O2. The van der Waals surface area contributed by atoms with Crippen LogP contribution in [0.3, 0.4) is 0 Å². The lowest BCUT2D eigenvalue weighted by Crippen LogP contribution is -2.22. The smallest absolute Gasteiger partial charge is 0.253 e. The first-order valence-electron chi connectivity index (χ1n) is 5.05. The second-order valence-electron chi connectivity index (χ2n) is 3.81. The van der Waals surface area contributed by atoms with Gasteiger partial charge in [-0.05, 0) is 17.7 Å². The van der Waals surface area contributed by atoms with Crippen molar-refractivity contribution in [3.8, 4) is 0 Å². The van der Waals surface area contributed by atoms with Crippen molar-refractivity contribution in [3.05, 3.63) is 35.4 Å². The van der Waals surface area contributed by atoms with Crippen molar-refractivity contribution in [3.63, 3.8) is 0 Å². The summed E-state index contributed by atoms with van der Waals surface area (Å²) in [5, 5.41) is 2.70. The third-order valence-corrected chi connectivity index (χ3v) is 2.15. The number of hydrogen-bond donors (Lipinski definition) is 1. The molecule has 0 bridgehead atoms. The quantitative estimate of drug-likeness (QED) is 0.827. The lowest BCUT2D eigenvalue weighted by atomic mass is 10.1. The van der Waals surface area contributed by atoms with Crippen LogP contribution in [-0.4, -0.2) is 30.8 Å². The van der Waals surface area contributed by atoms with Crippen molar-refractivity contribution in [2.45, 2.75) is 13.5 Å². The van der Waals surface area contributed by atoms with E-state index in [1.807, 2.05) is 12.1 Å². The summed E-state index contributed by atoms with van der Waals surface area (Å²) in [5.41, 5.74) is 1.63. The molecule has 2 amide bonds. The van der Waals surface area contributed by atoms with Crippen LogP contribution in [0.15, 0.2) is 24.3 Å². The summed E-state index contributed by atoms with van der Waals surface area (Å²) >= 11 is 0. The molecule has 0 atom stereocenters.